The maximum atomic E-state index is 12.1. The summed E-state index contributed by atoms with van der Waals surface area (Å²) in [6.07, 6.45) is 3.74. The molecule has 1 atom stereocenters. The summed E-state index contributed by atoms with van der Waals surface area (Å²) in [6, 6.07) is 5.33. The van der Waals surface area contributed by atoms with Crippen LogP contribution in [0.25, 0.3) is 0 Å². The Morgan fingerprint density at radius 1 is 1.20 bits per heavy atom. The van der Waals surface area contributed by atoms with Crippen molar-refractivity contribution in [3.05, 3.63) is 66.5 Å². The van der Waals surface area contributed by atoms with Crippen LogP contribution >= 0.6 is 0 Å². The van der Waals surface area contributed by atoms with Crippen LogP contribution in [0.2, 0.25) is 0 Å². The van der Waals surface area contributed by atoms with E-state index >= 15 is 0 Å². The number of nitrogens with zero attached hydrogens (tertiary/aromatic N) is 2. The minimum absolute atomic E-state index is 0.193. The first-order chi connectivity index (χ1) is 9.60. The van der Waals surface area contributed by atoms with Crippen LogP contribution in [0.3, 0.4) is 0 Å². The van der Waals surface area contributed by atoms with Gasteiger partial charge in [0.25, 0.3) is 11.8 Å². The number of carbonyl (C=O) groups is 2. The summed E-state index contributed by atoms with van der Waals surface area (Å²) in [4.78, 5) is 33.7. The van der Waals surface area contributed by atoms with Crippen molar-refractivity contribution in [1.82, 2.24) is 10.0 Å². The van der Waals surface area contributed by atoms with Crippen LogP contribution in [0.15, 0.2) is 60.9 Å². The maximum absolute atomic E-state index is 12.1. The molecule has 1 aromatic rings. The Morgan fingerprint density at radius 3 is 2.25 bits per heavy atom. The fraction of sp³-hybridized carbons (Fsp3) is 0.133. The molecule has 2 rings (SSSR count). The highest BCUT2D eigenvalue weighted by Gasteiger charge is 2.37. The van der Waals surface area contributed by atoms with Crippen molar-refractivity contribution in [2.45, 2.75) is 13.0 Å². The summed E-state index contributed by atoms with van der Waals surface area (Å²) in [5, 5.41) is 0.730. The molecule has 5 nitrogen and oxygen atoms in total. The van der Waals surface area contributed by atoms with E-state index in [2.05, 4.69) is 18.1 Å². The lowest BCUT2D eigenvalue weighted by molar-refractivity contribution is -0.200. The van der Waals surface area contributed by atoms with Gasteiger partial charge in [0.05, 0.1) is 16.8 Å². The molecule has 2 heterocycles. The van der Waals surface area contributed by atoms with Crippen LogP contribution in [0, 0.1) is 0 Å². The van der Waals surface area contributed by atoms with Gasteiger partial charge >= 0.3 is 0 Å². The lowest BCUT2D eigenvalue weighted by Gasteiger charge is -2.19. The van der Waals surface area contributed by atoms with Gasteiger partial charge in [-0.05, 0) is 19.1 Å². The van der Waals surface area contributed by atoms with E-state index in [0.717, 1.165) is 5.06 Å². The highest BCUT2D eigenvalue weighted by Crippen LogP contribution is 2.26. The smallest absolute Gasteiger partial charge is 0.266 e. The Balaban J connectivity index is 2.20. The van der Waals surface area contributed by atoms with Crippen LogP contribution < -0.4 is 0 Å². The fourth-order valence-electron chi connectivity index (χ4n) is 1.86. The van der Waals surface area contributed by atoms with Gasteiger partial charge in [0.2, 0.25) is 0 Å². The number of imide groups is 1. The van der Waals surface area contributed by atoms with Crippen LogP contribution in [-0.4, -0.2) is 21.9 Å². The van der Waals surface area contributed by atoms with Gasteiger partial charge in [-0.25, -0.2) is 0 Å². The average molecular weight is 270 g/mol. The summed E-state index contributed by atoms with van der Waals surface area (Å²) in [5.41, 5.74) is 1.01. The first-order valence-corrected chi connectivity index (χ1v) is 6.05. The fourth-order valence-corrected chi connectivity index (χ4v) is 1.86. The van der Waals surface area contributed by atoms with Gasteiger partial charge < -0.3 is 0 Å². The molecular formula is C15H14N2O3. The SMILES string of the molecule is C=CC1=C(C=C)C(=O)N(OC(C)c2ccccn2)C1=O. The molecule has 1 aromatic heterocycles. The minimum atomic E-state index is -0.539. The predicted octanol–water partition coefficient (Wildman–Crippen LogP) is 2.11. The molecular weight excluding hydrogens is 256 g/mol. The van der Waals surface area contributed by atoms with Crippen molar-refractivity contribution < 1.29 is 14.4 Å². The average Bonchev–Trinajstić information content (AvgIpc) is 2.71. The summed E-state index contributed by atoms with van der Waals surface area (Å²) in [7, 11) is 0. The van der Waals surface area contributed by atoms with E-state index in [0.29, 0.717) is 5.69 Å². The molecule has 1 aliphatic heterocycles. The summed E-state index contributed by atoms with van der Waals surface area (Å²) < 4.78 is 0. The Kier molecular flexibility index (Phi) is 3.91. The highest BCUT2D eigenvalue weighted by molar-refractivity contribution is 6.21. The first kappa shape index (κ1) is 13.9. The Morgan fingerprint density at radius 2 is 1.80 bits per heavy atom. The quantitative estimate of drug-likeness (QED) is 0.769. The molecule has 0 saturated carbocycles. The molecule has 0 saturated heterocycles. The lowest BCUT2D eigenvalue weighted by atomic mass is 10.1. The summed E-state index contributed by atoms with van der Waals surface area (Å²) in [5.74, 6) is -1.08. The van der Waals surface area contributed by atoms with E-state index in [1.54, 1.807) is 31.3 Å². The molecule has 0 aliphatic carbocycles. The molecule has 0 N–H and O–H groups in total. The molecule has 102 valence electrons. The third-order valence-electron chi connectivity index (χ3n) is 2.90. The zero-order valence-electron chi connectivity index (χ0n) is 11.1. The second kappa shape index (κ2) is 5.63. The topological polar surface area (TPSA) is 59.5 Å². The van der Waals surface area contributed by atoms with E-state index in [4.69, 9.17) is 4.84 Å². The molecule has 0 spiro atoms. The van der Waals surface area contributed by atoms with E-state index in [9.17, 15) is 9.59 Å². The van der Waals surface area contributed by atoms with E-state index in [1.807, 2.05) is 0 Å². The van der Waals surface area contributed by atoms with Gasteiger partial charge in [0, 0.05) is 6.20 Å². The van der Waals surface area contributed by atoms with E-state index < -0.39 is 17.9 Å². The summed E-state index contributed by atoms with van der Waals surface area (Å²) >= 11 is 0. The van der Waals surface area contributed by atoms with Gasteiger partial charge in [0.1, 0.15) is 6.10 Å². The largest absolute Gasteiger partial charge is 0.285 e. The van der Waals surface area contributed by atoms with Crippen molar-refractivity contribution in [2.75, 3.05) is 0 Å². The van der Waals surface area contributed by atoms with Gasteiger partial charge in [-0.2, -0.15) is 0 Å². The number of aromatic nitrogens is 1. The Labute approximate surface area is 116 Å². The van der Waals surface area contributed by atoms with Gasteiger partial charge in [-0.15, -0.1) is 5.06 Å². The number of carbonyl (C=O) groups excluding carboxylic acids is 2. The van der Waals surface area contributed by atoms with Gasteiger partial charge in [0.15, 0.2) is 0 Å². The Bertz CT molecular complexity index is 575. The number of hydroxylamine groups is 2. The zero-order valence-corrected chi connectivity index (χ0v) is 11.1. The van der Waals surface area contributed by atoms with Gasteiger partial charge in [-0.3, -0.25) is 19.4 Å². The number of hydrogen-bond donors (Lipinski definition) is 0. The number of pyridine rings is 1. The van der Waals surface area contributed by atoms with Crippen molar-refractivity contribution in [1.29, 1.82) is 0 Å². The van der Waals surface area contributed by atoms with Crippen LogP contribution in [0.1, 0.15) is 18.7 Å². The van der Waals surface area contributed by atoms with Crippen LogP contribution in [0.5, 0.6) is 0 Å². The minimum Gasteiger partial charge on any atom is -0.266 e. The third-order valence-corrected chi connectivity index (χ3v) is 2.90. The molecule has 5 heteroatoms. The third kappa shape index (κ3) is 2.31. The second-order valence-corrected chi connectivity index (χ2v) is 4.14. The molecule has 2 amide bonds. The maximum Gasteiger partial charge on any atom is 0.285 e. The predicted molar refractivity (Wildman–Crippen MR) is 73.0 cm³/mol. The second-order valence-electron chi connectivity index (χ2n) is 4.14. The summed E-state index contributed by atoms with van der Waals surface area (Å²) in [6.45, 7) is 8.76. The van der Waals surface area contributed by atoms with Crippen molar-refractivity contribution >= 4 is 11.8 Å². The normalized spacial score (nSPS) is 16.6. The molecule has 0 bridgehead atoms. The monoisotopic (exact) mass is 270 g/mol. The van der Waals surface area contributed by atoms with Crippen LogP contribution in [0.4, 0.5) is 0 Å². The molecule has 0 radical (unpaired) electrons. The highest BCUT2D eigenvalue weighted by atomic mass is 16.7. The van der Waals surface area contributed by atoms with Crippen molar-refractivity contribution in [2.24, 2.45) is 0 Å². The van der Waals surface area contributed by atoms with E-state index in [1.165, 1.54) is 12.2 Å². The number of hydrogen-bond acceptors (Lipinski definition) is 4. The van der Waals surface area contributed by atoms with Crippen molar-refractivity contribution in [3.8, 4) is 0 Å². The van der Waals surface area contributed by atoms with E-state index in [-0.39, 0.29) is 11.1 Å². The zero-order chi connectivity index (χ0) is 14.7. The van der Waals surface area contributed by atoms with Crippen molar-refractivity contribution in [3.63, 3.8) is 0 Å². The first-order valence-electron chi connectivity index (χ1n) is 6.05. The molecule has 0 fully saturated rings. The molecule has 0 aromatic carbocycles. The Hall–Kier alpha value is -2.53. The molecule has 20 heavy (non-hydrogen) atoms. The molecule has 1 aliphatic rings. The lowest BCUT2D eigenvalue weighted by Crippen LogP contribution is -2.33. The number of rotatable bonds is 5. The molecule has 1 unspecified atom stereocenters. The van der Waals surface area contributed by atoms with Crippen LogP contribution in [-0.2, 0) is 14.4 Å². The standard InChI is InChI=1S/C15H14N2O3/c1-4-11-12(5-2)15(19)17(14(11)18)20-10(3)13-8-6-7-9-16-13/h4-10H,1-2H2,3H3. The van der Waals surface area contributed by atoms with Gasteiger partial charge in [-0.1, -0.05) is 31.4 Å². The number of amides is 2.